The number of unbranched alkanes of at least 4 members (excludes halogenated alkanes) is 1. The van der Waals surface area contributed by atoms with Crippen molar-refractivity contribution in [2.75, 3.05) is 0 Å². The summed E-state index contributed by atoms with van der Waals surface area (Å²) in [7, 11) is 0. The van der Waals surface area contributed by atoms with Crippen LogP contribution in [0.2, 0.25) is 0 Å². The highest BCUT2D eigenvalue weighted by molar-refractivity contribution is 4.88. The minimum atomic E-state index is 0.903. The highest BCUT2D eigenvalue weighted by atomic mass is 13.9. The van der Waals surface area contributed by atoms with E-state index in [-0.39, 0.29) is 0 Å². The standard InChI is InChI=1S/C7H16.C4H6.C2H6/c1-4-5-6-7(2)3;1-3-4-2;1-2/h7H,4-6H2,1-3H3;3-4H,1-2H2;1-2H3. The lowest BCUT2D eigenvalue weighted by molar-refractivity contribution is 0.550. The van der Waals surface area contributed by atoms with Crippen LogP contribution < -0.4 is 0 Å². The van der Waals surface area contributed by atoms with Gasteiger partial charge in [-0.25, -0.2) is 0 Å². The SMILES string of the molecule is C=CC=C.CC.CCCCC(C)C. The van der Waals surface area contributed by atoms with Crippen molar-refractivity contribution >= 4 is 0 Å². The summed E-state index contributed by atoms with van der Waals surface area (Å²) in [5, 5.41) is 0. The lowest BCUT2D eigenvalue weighted by Gasteiger charge is -1.98. The first-order valence-electron chi connectivity index (χ1n) is 5.42. The van der Waals surface area contributed by atoms with Crippen LogP contribution >= 0.6 is 0 Å². The molecule has 0 aromatic rings. The van der Waals surface area contributed by atoms with Gasteiger partial charge in [-0.1, -0.05) is 79.2 Å². The molecule has 0 heterocycles. The Morgan fingerprint density at radius 3 is 1.54 bits per heavy atom. The molecule has 0 fully saturated rings. The molecule has 0 aromatic carbocycles. The first-order chi connectivity index (χ1) is 6.18. The predicted molar refractivity (Wildman–Crippen MR) is 66.1 cm³/mol. The molecule has 80 valence electrons. The van der Waals surface area contributed by atoms with E-state index >= 15 is 0 Å². The van der Waals surface area contributed by atoms with Crippen molar-refractivity contribution in [2.24, 2.45) is 5.92 Å². The third-order valence-corrected chi connectivity index (χ3v) is 1.30. The van der Waals surface area contributed by atoms with E-state index in [1.54, 1.807) is 12.2 Å². The van der Waals surface area contributed by atoms with Gasteiger partial charge in [0, 0.05) is 0 Å². The number of rotatable bonds is 4. The fourth-order valence-electron chi connectivity index (χ4n) is 0.612. The second kappa shape index (κ2) is 22.5. The Morgan fingerprint density at radius 2 is 1.46 bits per heavy atom. The Bertz CT molecular complexity index is 74.0. The molecule has 0 spiro atoms. The van der Waals surface area contributed by atoms with Gasteiger partial charge in [-0.05, 0) is 5.92 Å². The molecule has 0 N–H and O–H groups in total. The van der Waals surface area contributed by atoms with Crippen LogP contribution in [0.25, 0.3) is 0 Å². The maximum absolute atomic E-state index is 3.36. The number of hydrogen-bond acceptors (Lipinski definition) is 0. The molecule has 0 aliphatic rings. The molecule has 0 aliphatic carbocycles. The van der Waals surface area contributed by atoms with Crippen molar-refractivity contribution < 1.29 is 0 Å². The summed E-state index contributed by atoms with van der Waals surface area (Å²) < 4.78 is 0. The molecule has 0 saturated carbocycles. The average Bonchev–Trinajstić information content (AvgIpc) is 2.18. The Morgan fingerprint density at radius 1 is 1.08 bits per heavy atom. The van der Waals surface area contributed by atoms with E-state index in [0.29, 0.717) is 0 Å². The van der Waals surface area contributed by atoms with E-state index in [4.69, 9.17) is 0 Å². The topological polar surface area (TPSA) is 0 Å². The summed E-state index contributed by atoms with van der Waals surface area (Å²) in [5.74, 6) is 0.903. The average molecular weight is 184 g/mol. The molecule has 0 aliphatic heterocycles. The van der Waals surface area contributed by atoms with Gasteiger partial charge < -0.3 is 0 Å². The second-order valence-corrected chi connectivity index (χ2v) is 3.01. The lowest BCUT2D eigenvalue weighted by atomic mass is 10.1. The number of hydrogen-bond donors (Lipinski definition) is 0. The Labute approximate surface area is 85.8 Å². The van der Waals surface area contributed by atoms with Gasteiger partial charge in [0.15, 0.2) is 0 Å². The van der Waals surface area contributed by atoms with Gasteiger partial charge in [-0.2, -0.15) is 0 Å². The minimum Gasteiger partial charge on any atom is -0.0991 e. The summed E-state index contributed by atoms with van der Waals surface area (Å²) >= 11 is 0. The van der Waals surface area contributed by atoms with Crippen molar-refractivity contribution in [3.05, 3.63) is 25.3 Å². The van der Waals surface area contributed by atoms with Crippen molar-refractivity contribution in [3.8, 4) is 0 Å². The summed E-state index contributed by atoms with van der Waals surface area (Å²) in [6.45, 7) is 17.5. The normalized spacial score (nSPS) is 7.54. The lowest BCUT2D eigenvalue weighted by Crippen LogP contribution is -1.83. The van der Waals surface area contributed by atoms with E-state index in [9.17, 15) is 0 Å². The highest BCUT2D eigenvalue weighted by Gasteiger charge is 1.88. The zero-order valence-corrected chi connectivity index (χ0v) is 10.3. The maximum atomic E-state index is 3.36. The van der Waals surface area contributed by atoms with Gasteiger partial charge in [-0.15, -0.1) is 0 Å². The highest BCUT2D eigenvalue weighted by Crippen LogP contribution is 2.04. The minimum absolute atomic E-state index is 0.903. The molecule has 0 radical (unpaired) electrons. The molecule has 0 amide bonds. The first kappa shape index (κ1) is 18.3. The van der Waals surface area contributed by atoms with Gasteiger partial charge in [0.25, 0.3) is 0 Å². The summed E-state index contributed by atoms with van der Waals surface area (Å²) in [6.07, 6.45) is 7.42. The van der Waals surface area contributed by atoms with Crippen molar-refractivity contribution in [1.82, 2.24) is 0 Å². The smallest absolute Gasteiger partial charge is 0.0471 e. The second-order valence-electron chi connectivity index (χ2n) is 3.01. The molecule has 0 heteroatoms. The fraction of sp³-hybridized carbons (Fsp3) is 0.692. The van der Waals surface area contributed by atoms with Crippen molar-refractivity contribution in [2.45, 2.75) is 53.9 Å². The fourth-order valence-corrected chi connectivity index (χ4v) is 0.612. The molecule has 0 rings (SSSR count). The van der Waals surface area contributed by atoms with E-state index < -0.39 is 0 Å². The van der Waals surface area contributed by atoms with Gasteiger partial charge in [0.2, 0.25) is 0 Å². The third-order valence-electron chi connectivity index (χ3n) is 1.30. The summed E-state index contributed by atoms with van der Waals surface area (Å²) in [4.78, 5) is 0. The van der Waals surface area contributed by atoms with Crippen LogP contribution in [-0.4, -0.2) is 0 Å². The van der Waals surface area contributed by atoms with Crippen LogP contribution in [0.1, 0.15) is 53.9 Å². The molecular formula is C13H28. The molecule has 0 unspecified atom stereocenters. The van der Waals surface area contributed by atoms with Crippen molar-refractivity contribution in [1.29, 1.82) is 0 Å². The molecule has 0 nitrogen and oxygen atoms in total. The quantitative estimate of drug-likeness (QED) is 0.526. The van der Waals surface area contributed by atoms with Gasteiger partial charge in [-0.3, -0.25) is 0 Å². The third kappa shape index (κ3) is 51.4. The van der Waals surface area contributed by atoms with Crippen LogP contribution in [0.3, 0.4) is 0 Å². The molecule has 0 saturated heterocycles. The van der Waals surface area contributed by atoms with Crippen molar-refractivity contribution in [3.63, 3.8) is 0 Å². The van der Waals surface area contributed by atoms with Crippen LogP contribution in [0.5, 0.6) is 0 Å². The van der Waals surface area contributed by atoms with E-state index in [1.807, 2.05) is 13.8 Å². The van der Waals surface area contributed by atoms with E-state index in [2.05, 4.69) is 33.9 Å². The van der Waals surface area contributed by atoms with Gasteiger partial charge in [0.1, 0.15) is 0 Å². The zero-order valence-electron chi connectivity index (χ0n) is 10.3. The molecular weight excluding hydrogens is 156 g/mol. The molecule has 13 heavy (non-hydrogen) atoms. The van der Waals surface area contributed by atoms with Crippen LogP contribution in [0.4, 0.5) is 0 Å². The van der Waals surface area contributed by atoms with Crippen LogP contribution in [0.15, 0.2) is 25.3 Å². The van der Waals surface area contributed by atoms with E-state index in [0.717, 1.165) is 5.92 Å². The Balaban J connectivity index is -0.000000142. The van der Waals surface area contributed by atoms with Gasteiger partial charge in [0.05, 0.1) is 0 Å². The monoisotopic (exact) mass is 184 g/mol. The molecule has 0 aromatic heterocycles. The predicted octanol–water partition coefficient (Wildman–Crippen LogP) is 5.22. The van der Waals surface area contributed by atoms with Crippen LogP contribution in [0, 0.1) is 5.92 Å². The Kier molecular flexibility index (Phi) is 31.7. The zero-order chi connectivity index (χ0) is 11.1. The first-order valence-corrected chi connectivity index (χ1v) is 5.42. The van der Waals surface area contributed by atoms with Gasteiger partial charge >= 0.3 is 0 Å². The maximum Gasteiger partial charge on any atom is -0.0471 e. The van der Waals surface area contributed by atoms with E-state index in [1.165, 1.54) is 19.3 Å². The summed E-state index contributed by atoms with van der Waals surface area (Å²) in [5.41, 5.74) is 0. The molecule has 0 bridgehead atoms. The van der Waals surface area contributed by atoms with Crippen LogP contribution in [-0.2, 0) is 0 Å². The summed E-state index contributed by atoms with van der Waals surface area (Å²) in [6, 6.07) is 0. The Hall–Kier alpha value is -0.520. The number of allylic oxidation sites excluding steroid dienone is 2. The largest absolute Gasteiger partial charge is 0.0991 e. The molecule has 0 atom stereocenters.